The molecule has 0 N–H and O–H groups in total. The van der Waals surface area contributed by atoms with E-state index in [9.17, 15) is 4.79 Å². The zero-order valence-corrected chi connectivity index (χ0v) is 12.7. The lowest BCUT2D eigenvalue weighted by Gasteiger charge is -2.27. The lowest BCUT2D eigenvalue weighted by Crippen LogP contribution is -2.37. The fourth-order valence-electron chi connectivity index (χ4n) is 2.29. The van der Waals surface area contributed by atoms with Gasteiger partial charge in [-0.05, 0) is 43.7 Å². The van der Waals surface area contributed by atoms with Gasteiger partial charge in [0.15, 0.2) is 0 Å². The fraction of sp³-hybridized carbons (Fsp3) is 0.278. The van der Waals surface area contributed by atoms with Crippen molar-refractivity contribution in [2.75, 3.05) is 12.0 Å². The Balaban J connectivity index is 2.27. The molecule has 0 aromatic heterocycles. The molecule has 0 saturated heterocycles. The average Bonchev–Trinajstić information content (AvgIpc) is 2.49. The quantitative estimate of drug-likeness (QED) is 0.833. The predicted molar refractivity (Wildman–Crippen MR) is 85.5 cm³/mol. The summed E-state index contributed by atoms with van der Waals surface area (Å²) in [6.45, 7) is 4.59. The molecular weight excluding hydrogens is 262 g/mol. The monoisotopic (exact) mass is 283 g/mol. The summed E-state index contributed by atoms with van der Waals surface area (Å²) in [5.41, 5.74) is 2.66. The van der Waals surface area contributed by atoms with Gasteiger partial charge in [-0.3, -0.25) is 4.79 Å². The summed E-state index contributed by atoms with van der Waals surface area (Å²) in [7, 11) is 1.66. The van der Waals surface area contributed by atoms with Crippen LogP contribution in [0.1, 0.15) is 29.8 Å². The van der Waals surface area contributed by atoms with E-state index < -0.39 is 0 Å². The molecule has 0 radical (unpaired) electrons. The standard InChI is InChI=1S/C18H21NO2/c1-14(2)19(17-7-5-4-6-8-17)18(20)16-11-9-15(10-12-16)13-21-3/h4-12,14H,13H2,1-3H3. The molecule has 3 nitrogen and oxygen atoms in total. The van der Waals surface area contributed by atoms with Crippen LogP contribution in [0.25, 0.3) is 0 Å². The van der Waals surface area contributed by atoms with E-state index in [0.29, 0.717) is 12.2 Å². The van der Waals surface area contributed by atoms with Crippen molar-refractivity contribution >= 4 is 11.6 Å². The smallest absolute Gasteiger partial charge is 0.258 e. The fourth-order valence-corrected chi connectivity index (χ4v) is 2.29. The van der Waals surface area contributed by atoms with Gasteiger partial charge in [0.25, 0.3) is 5.91 Å². The second-order valence-electron chi connectivity index (χ2n) is 5.23. The summed E-state index contributed by atoms with van der Waals surface area (Å²) in [6, 6.07) is 17.4. The Morgan fingerprint density at radius 1 is 1.05 bits per heavy atom. The Kier molecular flexibility index (Phi) is 5.12. The molecule has 0 aliphatic heterocycles. The Hall–Kier alpha value is -2.13. The maximum atomic E-state index is 12.8. The molecule has 0 heterocycles. The van der Waals surface area contributed by atoms with Crippen LogP contribution in [0.5, 0.6) is 0 Å². The summed E-state index contributed by atoms with van der Waals surface area (Å²) in [4.78, 5) is 14.6. The Morgan fingerprint density at radius 2 is 1.67 bits per heavy atom. The van der Waals surface area contributed by atoms with Crippen LogP contribution in [0.2, 0.25) is 0 Å². The molecule has 21 heavy (non-hydrogen) atoms. The van der Waals surface area contributed by atoms with Crippen LogP contribution in [-0.4, -0.2) is 19.1 Å². The second-order valence-corrected chi connectivity index (χ2v) is 5.23. The summed E-state index contributed by atoms with van der Waals surface area (Å²) >= 11 is 0. The first-order valence-corrected chi connectivity index (χ1v) is 7.10. The van der Waals surface area contributed by atoms with Crippen molar-refractivity contribution in [1.82, 2.24) is 0 Å². The van der Waals surface area contributed by atoms with Gasteiger partial charge < -0.3 is 9.64 Å². The van der Waals surface area contributed by atoms with Crippen LogP contribution >= 0.6 is 0 Å². The number of anilines is 1. The number of benzene rings is 2. The largest absolute Gasteiger partial charge is 0.380 e. The van der Waals surface area contributed by atoms with Gasteiger partial charge in [-0.1, -0.05) is 30.3 Å². The van der Waals surface area contributed by atoms with Gasteiger partial charge in [0.1, 0.15) is 0 Å². The molecule has 0 aliphatic carbocycles. The predicted octanol–water partition coefficient (Wildman–Crippen LogP) is 3.89. The van der Waals surface area contributed by atoms with Crippen LogP contribution in [0, 0.1) is 0 Å². The number of methoxy groups -OCH3 is 1. The number of carbonyl (C=O) groups is 1. The van der Waals surface area contributed by atoms with E-state index in [1.54, 1.807) is 7.11 Å². The highest BCUT2D eigenvalue weighted by Gasteiger charge is 2.20. The average molecular weight is 283 g/mol. The molecule has 0 aliphatic rings. The first kappa shape index (κ1) is 15.3. The number of para-hydroxylation sites is 1. The Labute approximate surface area is 126 Å². The molecule has 0 bridgehead atoms. The van der Waals surface area contributed by atoms with Gasteiger partial charge in [-0.25, -0.2) is 0 Å². The molecule has 2 aromatic carbocycles. The van der Waals surface area contributed by atoms with Crippen LogP contribution < -0.4 is 4.90 Å². The molecular formula is C18H21NO2. The number of carbonyl (C=O) groups excluding carboxylic acids is 1. The zero-order chi connectivity index (χ0) is 15.2. The first-order valence-electron chi connectivity index (χ1n) is 7.10. The Bertz CT molecular complexity index is 576. The topological polar surface area (TPSA) is 29.5 Å². The first-order chi connectivity index (χ1) is 10.1. The lowest BCUT2D eigenvalue weighted by molar-refractivity contribution is 0.0980. The van der Waals surface area contributed by atoms with Gasteiger partial charge in [0, 0.05) is 24.4 Å². The number of hydrogen-bond donors (Lipinski definition) is 0. The normalized spacial score (nSPS) is 10.7. The van der Waals surface area contributed by atoms with Crippen LogP contribution in [0.15, 0.2) is 54.6 Å². The zero-order valence-electron chi connectivity index (χ0n) is 12.7. The number of ether oxygens (including phenoxy) is 1. The summed E-state index contributed by atoms with van der Waals surface area (Å²) in [5.74, 6) is 0.0140. The third kappa shape index (κ3) is 3.70. The molecule has 0 saturated carbocycles. The van der Waals surface area contributed by atoms with E-state index in [4.69, 9.17) is 4.74 Å². The van der Waals surface area contributed by atoms with Crippen LogP contribution in [-0.2, 0) is 11.3 Å². The van der Waals surface area contributed by atoms with E-state index in [2.05, 4.69) is 0 Å². The molecule has 0 atom stereocenters. The van der Waals surface area contributed by atoms with Crippen molar-refractivity contribution in [3.8, 4) is 0 Å². The summed E-state index contributed by atoms with van der Waals surface area (Å²) in [6.07, 6.45) is 0. The van der Waals surface area contributed by atoms with E-state index in [1.165, 1.54) is 0 Å². The van der Waals surface area contributed by atoms with Gasteiger partial charge in [-0.15, -0.1) is 0 Å². The highest BCUT2D eigenvalue weighted by molar-refractivity contribution is 6.06. The van der Waals surface area contributed by atoms with Gasteiger partial charge in [0.05, 0.1) is 6.61 Å². The maximum absolute atomic E-state index is 12.8. The van der Waals surface area contributed by atoms with E-state index in [1.807, 2.05) is 73.3 Å². The maximum Gasteiger partial charge on any atom is 0.258 e. The SMILES string of the molecule is COCc1ccc(C(=O)N(c2ccccc2)C(C)C)cc1. The molecule has 0 spiro atoms. The summed E-state index contributed by atoms with van der Waals surface area (Å²) < 4.78 is 5.09. The van der Waals surface area contributed by atoms with Gasteiger partial charge in [0.2, 0.25) is 0 Å². The van der Waals surface area contributed by atoms with Crippen LogP contribution in [0.4, 0.5) is 5.69 Å². The minimum Gasteiger partial charge on any atom is -0.380 e. The third-order valence-corrected chi connectivity index (χ3v) is 3.28. The van der Waals surface area contributed by atoms with Crippen molar-refractivity contribution in [1.29, 1.82) is 0 Å². The number of rotatable bonds is 5. The van der Waals surface area contributed by atoms with Gasteiger partial charge >= 0.3 is 0 Å². The van der Waals surface area contributed by atoms with Crippen molar-refractivity contribution in [3.63, 3.8) is 0 Å². The molecule has 2 aromatic rings. The molecule has 0 unspecified atom stereocenters. The number of hydrogen-bond acceptors (Lipinski definition) is 2. The molecule has 110 valence electrons. The van der Waals surface area contributed by atoms with E-state index >= 15 is 0 Å². The highest BCUT2D eigenvalue weighted by Crippen LogP contribution is 2.20. The Morgan fingerprint density at radius 3 is 2.19 bits per heavy atom. The molecule has 3 heteroatoms. The van der Waals surface area contributed by atoms with Crippen molar-refractivity contribution < 1.29 is 9.53 Å². The molecule has 0 fully saturated rings. The second kappa shape index (κ2) is 7.04. The lowest BCUT2D eigenvalue weighted by atomic mass is 10.1. The van der Waals surface area contributed by atoms with E-state index in [-0.39, 0.29) is 11.9 Å². The third-order valence-electron chi connectivity index (χ3n) is 3.28. The molecule has 2 rings (SSSR count). The van der Waals surface area contributed by atoms with Gasteiger partial charge in [-0.2, -0.15) is 0 Å². The van der Waals surface area contributed by atoms with Crippen molar-refractivity contribution in [2.24, 2.45) is 0 Å². The number of amides is 1. The van der Waals surface area contributed by atoms with Crippen molar-refractivity contribution in [2.45, 2.75) is 26.5 Å². The minimum atomic E-state index is 0.0140. The highest BCUT2D eigenvalue weighted by atomic mass is 16.5. The summed E-state index contributed by atoms with van der Waals surface area (Å²) in [5, 5.41) is 0. The van der Waals surface area contributed by atoms with Crippen molar-refractivity contribution in [3.05, 3.63) is 65.7 Å². The van der Waals surface area contributed by atoms with Crippen LogP contribution in [0.3, 0.4) is 0 Å². The number of nitrogens with zero attached hydrogens (tertiary/aromatic N) is 1. The minimum absolute atomic E-state index is 0.0140. The molecule has 1 amide bonds. The van der Waals surface area contributed by atoms with E-state index in [0.717, 1.165) is 11.3 Å².